The maximum Gasteiger partial charge on any atom is 0.121 e. The predicted molar refractivity (Wildman–Crippen MR) is 497 cm³/mol. The molecule has 120 heavy (non-hydrogen) atoms. The average Bonchev–Trinajstić information content (AvgIpc) is 0.771. The van der Waals surface area contributed by atoms with Crippen LogP contribution in [0.3, 0.4) is 0 Å². The number of phenolic OH excluding ortho intramolecular Hbond substituents is 8. The molecule has 14 rings (SSSR count). The minimum absolute atomic E-state index is 0.0861. The Balaban J connectivity index is 0.000000207. The highest BCUT2D eigenvalue weighted by atomic mass is 16.3. The Labute approximate surface area is 711 Å². The van der Waals surface area contributed by atoms with E-state index in [4.69, 9.17) is 0 Å². The number of phenols is 8. The molecule has 14 aromatic rings. The van der Waals surface area contributed by atoms with Crippen LogP contribution in [0.15, 0.2) is 194 Å². The van der Waals surface area contributed by atoms with Crippen LogP contribution < -0.4 is 0 Å². The van der Waals surface area contributed by atoms with E-state index in [-0.39, 0.29) is 23.7 Å². The van der Waals surface area contributed by atoms with Gasteiger partial charge in [-0.3, -0.25) is 0 Å². The minimum Gasteiger partial charge on any atom is -0.507 e. The zero-order chi connectivity index (χ0) is 87.0. The average molecular weight is 1590 g/mol. The molecule has 0 unspecified atom stereocenters. The van der Waals surface area contributed by atoms with Gasteiger partial charge >= 0.3 is 0 Å². The molecule has 0 bridgehead atoms. The van der Waals surface area contributed by atoms with Crippen LogP contribution in [0.25, 0.3) is 44.5 Å². The molecule has 0 aliphatic heterocycles. The second-order valence-electron chi connectivity index (χ2n) is 34.4. The molecular formula is C112H116O8. The molecule has 14 aromatic carbocycles. The largest absolute Gasteiger partial charge is 0.507 e. The van der Waals surface area contributed by atoms with Gasteiger partial charge in [0.1, 0.15) is 46.0 Å². The SMILES string of the molecule is Cc1cc(C(c2ccc(-c3ccc(-c4ccc(C(c5cc(C)c(O)c(C)c5C)c5cc(C)c(O)c(C)c5C)cc4)cc3)cc2)c2cc(C)c(O)c(C)c2C)c(C)c(C)c1O.Cc1cc(C(c2ccc(-c3cccc(-c4ccc(C(c5cc(C)c(O)c(C)c5C)c5cc(C)c(O)c(C)c5C)cc4)c3)cc2)c2cc(C)c(O)c(C)c2C)c(C)c(C)c1O. The summed E-state index contributed by atoms with van der Waals surface area (Å²) in [5.74, 6) is 2.34. The molecule has 0 heterocycles. The smallest absolute Gasteiger partial charge is 0.121 e. The normalized spacial score (nSPS) is 11.6. The van der Waals surface area contributed by atoms with Crippen molar-refractivity contribution >= 4 is 0 Å². The maximum atomic E-state index is 10.8. The fourth-order valence-electron chi connectivity index (χ4n) is 18.5. The number of rotatable bonds is 16. The van der Waals surface area contributed by atoms with Crippen molar-refractivity contribution in [3.63, 3.8) is 0 Å². The van der Waals surface area contributed by atoms with E-state index in [1.165, 1.54) is 0 Å². The molecule has 0 spiro atoms. The third-order valence-corrected chi connectivity index (χ3v) is 27.3. The van der Waals surface area contributed by atoms with E-state index in [1.54, 1.807) is 0 Å². The van der Waals surface area contributed by atoms with Crippen LogP contribution >= 0.6 is 0 Å². The number of hydrogen-bond donors (Lipinski definition) is 8. The Morgan fingerprint density at radius 1 is 0.142 bits per heavy atom. The Kier molecular flexibility index (Phi) is 24.0. The molecule has 8 heteroatoms. The standard InChI is InChI=1S/2C56H58O4/c1-29-25-47(33(5)37(9)53(29)57)51(48-26-30(2)54(58)38(10)34(48)6)45-21-17-43(18-22-45)41-13-15-42(16-14-41)44-19-23-46(24-20-44)52(49-27-31(3)55(59)39(11)35(49)7)50-28-32(4)56(60)40(12)36(50)8;1-29-24-47(33(5)37(9)53(29)57)51(48-25-30(2)54(58)38(10)34(48)6)43-20-16-41(17-21-43)45-14-13-15-46(28-45)42-18-22-44(23-19-42)52(49-26-31(3)55(59)39(11)35(49)7)50-27-32(4)56(60)40(12)36(50)8/h2*13-28,51-52,57-60H,1-12H3. The molecule has 0 aliphatic rings. The van der Waals surface area contributed by atoms with E-state index in [0.29, 0.717) is 46.0 Å². The fourth-order valence-corrected chi connectivity index (χ4v) is 18.5. The lowest BCUT2D eigenvalue weighted by atomic mass is 9.78. The lowest BCUT2D eigenvalue weighted by molar-refractivity contribution is 0.465. The molecule has 612 valence electrons. The van der Waals surface area contributed by atoms with Gasteiger partial charge in [0, 0.05) is 23.7 Å². The zero-order valence-electron chi connectivity index (χ0n) is 74.4. The summed E-state index contributed by atoms with van der Waals surface area (Å²) in [5, 5.41) is 86.6. The number of aryl methyl sites for hydroxylation is 8. The Bertz CT molecular complexity index is 5730. The molecular weight excluding hydrogens is 1470 g/mol. The van der Waals surface area contributed by atoms with E-state index < -0.39 is 0 Å². The summed E-state index contributed by atoms with van der Waals surface area (Å²) < 4.78 is 0. The predicted octanol–water partition coefficient (Wildman–Crippen LogP) is 27.8. The number of benzene rings is 14. The van der Waals surface area contributed by atoms with Gasteiger partial charge in [-0.15, -0.1) is 0 Å². The molecule has 8 N–H and O–H groups in total. The third kappa shape index (κ3) is 15.6. The number of hydrogen-bond acceptors (Lipinski definition) is 8. The highest BCUT2D eigenvalue weighted by Crippen LogP contribution is 2.49. The first-order valence-corrected chi connectivity index (χ1v) is 41.8. The van der Waals surface area contributed by atoms with Crippen LogP contribution in [-0.4, -0.2) is 40.9 Å². The van der Waals surface area contributed by atoms with Gasteiger partial charge < -0.3 is 40.9 Å². The first-order valence-electron chi connectivity index (χ1n) is 41.8. The molecule has 0 aliphatic carbocycles. The molecule has 0 fully saturated rings. The van der Waals surface area contributed by atoms with Crippen molar-refractivity contribution in [2.45, 2.75) is 190 Å². The maximum absolute atomic E-state index is 10.8. The van der Waals surface area contributed by atoms with Gasteiger partial charge in [-0.1, -0.05) is 188 Å². The Morgan fingerprint density at radius 3 is 0.408 bits per heavy atom. The van der Waals surface area contributed by atoms with E-state index in [0.717, 1.165) is 245 Å². The van der Waals surface area contributed by atoms with Crippen LogP contribution in [-0.2, 0) is 0 Å². The molecule has 0 radical (unpaired) electrons. The summed E-state index contributed by atoms with van der Waals surface area (Å²) in [4.78, 5) is 0. The van der Waals surface area contributed by atoms with Crippen LogP contribution in [0.1, 0.15) is 224 Å². The van der Waals surface area contributed by atoms with Crippen molar-refractivity contribution < 1.29 is 40.9 Å². The van der Waals surface area contributed by atoms with Gasteiger partial charge in [-0.05, 0) is 417 Å². The molecule has 0 atom stereocenters. The van der Waals surface area contributed by atoms with Gasteiger partial charge in [0.05, 0.1) is 0 Å². The van der Waals surface area contributed by atoms with Crippen LogP contribution in [0.5, 0.6) is 46.0 Å². The molecule has 0 saturated heterocycles. The van der Waals surface area contributed by atoms with Crippen LogP contribution in [0, 0.1) is 166 Å². The summed E-state index contributed by atoms with van der Waals surface area (Å²) in [6.07, 6.45) is 0. The molecule has 8 nitrogen and oxygen atoms in total. The molecule has 0 aromatic heterocycles. The lowest BCUT2D eigenvalue weighted by Crippen LogP contribution is -2.10. The van der Waals surface area contributed by atoms with Crippen molar-refractivity contribution in [1.82, 2.24) is 0 Å². The highest BCUT2D eigenvalue weighted by Gasteiger charge is 2.31. The summed E-state index contributed by atoms with van der Waals surface area (Å²) >= 11 is 0. The first kappa shape index (κ1) is 85.4. The topological polar surface area (TPSA) is 162 Å². The van der Waals surface area contributed by atoms with Gasteiger partial charge in [-0.2, -0.15) is 0 Å². The summed E-state index contributed by atoms with van der Waals surface area (Å²) in [7, 11) is 0. The molecule has 0 amide bonds. The molecule has 0 saturated carbocycles. The summed E-state index contributed by atoms with van der Waals surface area (Å²) in [6.45, 7) is 48.2. The van der Waals surface area contributed by atoms with E-state index in [2.05, 4.69) is 250 Å². The zero-order valence-corrected chi connectivity index (χ0v) is 74.4. The third-order valence-electron chi connectivity index (χ3n) is 27.3. The van der Waals surface area contributed by atoms with Crippen LogP contribution in [0.2, 0.25) is 0 Å². The van der Waals surface area contributed by atoms with Crippen molar-refractivity contribution in [2.24, 2.45) is 0 Å². The second kappa shape index (κ2) is 33.7. The van der Waals surface area contributed by atoms with E-state index >= 15 is 0 Å². The second-order valence-corrected chi connectivity index (χ2v) is 34.4. The van der Waals surface area contributed by atoms with E-state index in [9.17, 15) is 40.9 Å². The Morgan fingerprint density at radius 2 is 0.267 bits per heavy atom. The van der Waals surface area contributed by atoms with Gasteiger partial charge in [0.2, 0.25) is 0 Å². The van der Waals surface area contributed by atoms with Crippen molar-refractivity contribution in [3.05, 3.63) is 394 Å². The minimum atomic E-state index is -0.0971. The highest BCUT2D eigenvalue weighted by molar-refractivity contribution is 5.76. The van der Waals surface area contributed by atoms with Gasteiger partial charge in [-0.25, -0.2) is 0 Å². The van der Waals surface area contributed by atoms with Gasteiger partial charge in [0.25, 0.3) is 0 Å². The fraction of sp³-hybridized carbons (Fsp3) is 0.250. The quantitative estimate of drug-likeness (QED) is 0.0444. The number of aromatic hydroxyl groups is 8. The van der Waals surface area contributed by atoms with Crippen molar-refractivity contribution in [1.29, 1.82) is 0 Å². The first-order chi connectivity index (χ1) is 56.8. The lowest BCUT2D eigenvalue weighted by Gasteiger charge is -2.26. The van der Waals surface area contributed by atoms with Crippen molar-refractivity contribution in [3.8, 4) is 90.5 Å². The van der Waals surface area contributed by atoms with E-state index in [1.807, 2.05) is 111 Å². The van der Waals surface area contributed by atoms with Gasteiger partial charge in [0.15, 0.2) is 0 Å². The monoisotopic (exact) mass is 1590 g/mol. The van der Waals surface area contributed by atoms with Crippen molar-refractivity contribution in [2.75, 3.05) is 0 Å². The summed E-state index contributed by atoms with van der Waals surface area (Å²) in [6, 6.07) is 69.7. The van der Waals surface area contributed by atoms with Crippen LogP contribution in [0.4, 0.5) is 0 Å². The Hall–Kier alpha value is -12.5. The summed E-state index contributed by atoms with van der Waals surface area (Å²) in [5.41, 5.74) is 45.1.